The summed E-state index contributed by atoms with van der Waals surface area (Å²) in [5.74, 6) is 0.863. The lowest BCUT2D eigenvalue weighted by Crippen LogP contribution is -2.13. The van der Waals surface area contributed by atoms with Crippen LogP contribution in [0.3, 0.4) is 0 Å². The van der Waals surface area contributed by atoms with E-state index in [-0.39, 0.29) is 5.82 Å². The van der Waals surface area contributed by atoms with Gasteiger partial charge in [-0.15, -0.1) is 0 Å². The van der Waals surface area contributed by atoms with Crippen molar-refractivity contribution in [2.24, 2.45) is 0 Å². The summed E-state index contributed by atoms with van der Waals surface area (Å²) in [4.78, 5) is 4.09. The molecular formula is C17H21FN2O. The van der Waals surface area contributed by atoms with Crippen LogP contribution in [0.1, 0.15) is 29.2 Å². The fourth-order valence-corrected chi connectivity index (χ4v) is 2.16. The van der Waals surface area contributed by atoms with Crippen LogP contribution in [0.5, 0.6) is 11.6 Å². The van der Waals surface area contributed by atoms with Gasteiger partial charge in [0.1, 0.15) is 11.6 Å². The van der Waals surface area contributed by atoms with Gasteiger partial charge in [0.25, 0.3) is 0 Å². The van der Waals surface area contributed by atoms with Crippen LogP contribution in [-0.2, 0) is 6.54 Å². The van der Waals surface area contributed by atoms with Gasteiger partial charge in [-0.2, -0.15) is 0 Å². The number of pyridine rings is 1. The highest BCUT2D eigenvalue weighted by Crippen LogP contribution is 2.29. The number of rotatable bonds is 5. The number of aryl methyl sites for hydroxylation is 2. The molecule has 0 bridgehead atoms. The molecular weight excluding hydrogens is 267 g/mol. The molecule has 1 aromatic heterocycles. The van der Waals surface area contributed by atoms with Gasteiger partial charge in [0, 0.05) is 12.1 Å². The van der Waals surface area contributed by atoms with E-state index in [1.807, 2.05) is 33.8 Å². The molecule has 0 radical (unpaired) electrons. The molecule has 0 unspecified atom stereocenters. The predicted octanol–water partition coefficient (Wildman–Crippen LogP) is 4.05. The molecule has 0 aliphatic rings. The van der Waals surface area contributed by atoms with Gasteiger partial charge in [0.2, 0.25) is 5.88 Å². The number of nitrogens with one attached hydrogen (secondary N) is 1. The van der Waals surface area contributed by atoms with E-state index in [2.05, 4.69) is 16.4 Å². The van der Waals surface area contributed by atoms with Crippen LogP contribution >= 0.6 is 0 Å². The maximum atomic E-state index is 13.4. The standard InChI is InChI=1S/C17H21FN2O/c1-5-19-9-14-8-15(18)10-20-17(14)21-16-7-11(2)6-12(3)13(16)4/h6-8,10,19H,5,9H2,1-4H3. The zero-order valence-electron chi connectivity index (χ0n) is 13.0. The lowest BCUT2D eigenvalue weighted by Gasteiger charge is -2.14. The van der Waals surface area contributed by atoms with Crippen LogP contribution in [0.15, 0.2) is 24.4 Å². The van der Waals surface area contributed by atoms with Gasteiger partial charge in [-0.05, 0) is 56.1 Å². The largest absolute Gasteiger partial charge is 0.438 e. The molecule has 2 rings (SSSR count). The fraction of sp³-hybridized carbons (Fsp3) is 0.353. The fourth-order valence-electron chi connectivity index (χ4n) is 2.16. The molecule has 0 spiro atoms. The zero-order chi connectivity index (χ0) is 15.4. The van der Waals surface area contributed by atoms with Crippen LogP contribution < -0.4 is 10.1 Å². The van der Waals surface area contributed by atoms with E-state index in [9.17, 15) is 4.39 Å². The SMILES string of the molecule is CCNCc1cc(F)cnc1Oc1cc(C)cc(C)c1C. The van der Waals surface area contributed by atoms with Crippen molar-refractivity contribution in [1.29, 1.82) is 0 Å². The van der Waals surface area contributed by atoms with E-state index in [0.29, 0.717) is 12.4 Å². The van der Waals surface area contributed by atoms with Gasteiger partial charge in [-0.1, -0.05) is 13.0 Å². The lowest BCUT2D eigenvalue weighted by atomic mass is 10.1. The van der Waals surface area contributed by atoms with Crippen molar-refractivity contribution in [3.05, 3.63) is 52.5 Å². The summed E-state index contributed by atoms with van der Waals surface area (Å²) in [7, 11) is 0. The van der Waals surface area contributed by atoms with Crippen molar-refractivity contribution in [3.63, 3.8) is 0 Å². The van der Waals surface area contributed by atoms with E-state index < -0.39 is 0 Å². The van der Waals surface area contributed by atoms with E-state index >= 15 is 0 Å². The second-order valence-corrected chi connectivity index (χ2v) is 5.21. The Kier molecular flexibility index (Phi) is 4.91. The molecule has 112 valence electrons. The Hall–Kier alpha value is -1.94. The second kappa shape index (κ2) is 6.68. The molecule has 2 aromatic rings. The summed E-state index contributed by atoms with van der Waals surface area (Å²) < 4.78 is 19.3. The van der Waals surface area contributed by atoms with Crippen LogP contribution in [0.25, 0.3) is 0 Å². The molecule has 1 aromatic carbocycles. The van der Waals surface area contributed by atoms with E-state index in [0.717, 1.165) is 29.0 Å². The summed E-state index contributed by atoms with van der Waals surface area (Å²) in [5.41, 5.74) is 4.08. The Morgan fingerprint density at radius 1 is 1.19 bits per heavy atom. The van der Waals surface area contributed by atoms with E-state index in [1.54, 1.807) is 0 Å². The third-order valence-corrected chi connectivity index (χ3v) is 3.43. The molecule has 21 heavy (non-hydrogen) atoms. The van der Waals surface area contributed by atoms with Gasteiger partial charge in [-0.25, -0.2) is 9.37 Å². The lowest BCUT2D eigenvalue weighted by molar-refractivity contribution is 0.445. The highest BCUT2D eigenvalue weighted by Gasteiger charge is 2.11. The highest BCUT2D eigenvalue weighted by atomic mass is 19.1. The van der Waals surface area contributed by atoms with Gasteiger partial charge >= 0.3 is 0 Å². The average molecular weight is 288 g/mol. The Balaban J connectivity index is 2.35. The smallest absolute Gasteiger partial charge is 0.223 e. The molecule has 0 saturated heterocycles. The zero-order valence-corrected chi connectivity index (χ0v) is 13.0. The minimum atomic E-state index is -0.354. The summed E-state index contributed by atoms with van der Waals surface area (Å²) >= 11 is 0. The Labute approximate surface area is 125 Å². The molecule has 0 fully saturated rings. The van der Waals surface area contributed by atoms with Crippen molar-refractivity contribution in [3.8, 4) is 11.6 Å². The van der Waals surface area contributed by atoms with Crippen LogP contribution in [0.2, 0.25) is 0 Å². The van der Waals surface area contributed by atoms with Crippen molar-refractivity contribution in [2.75, 3.05) is 6.54 Å². The number of aromatic nitrogens is 1. The quantitative estimate of drug-likeness (QED) is 0.901. The predicted molar refractivity (Wildman–Crippen MR) is 82.3 cm³/mol. The van der Waals surface area contributed by atoms with Gasteiger partial charge in [0.05, 0.1) is 6.20 Å². The number of hydrogen-bond donors (Lipinski definition) is 1. The van der Waals surface area contributed by atoms with Crippen molar-refractivity contribution in [2.45, 2.75) is 34.2 Å². The van der Waals surface area contributed by atoms with Crippen LogP contribution in [0.4, 0.5) is 4.39 Å². The van der Waals surface area contributed by atoms with Crippen molar-refractivity contribution < 1.29 is 9.13 Å². The minimum Gasteiger partial charge on any atom is -0.438 e. The molecule has 0 saturated carbocycles. The average Bonchev–Trinajstić information content (AvgIpc) is 2.44. The number of hydrogen-bond acceptors (Lipinski definition) is 3. The van der Waals surface area contributed by atoms with Crippen LogP contribution in [0, 0.1) is 26.6 Å². The number of halogens is 1. The number of nitrogens with zero attached hydrogens (tertiary/aromatic N) is 1. The van der Waals surface area contributed by atoms with Gasteiger partial charge < -0.3 is 10.1 Å². The third-order valence-electron chi connectivity index (χ3n) is 3.43. The molecule has 4 heteroatoms. The van der Waals surface area contributed by atoms with Gasteiger partial charge in [0.15, 0.2) is 0 Å². The monoisotopic (exact) mass is 288 g/mol. The first-order chi connectivity index (χ1) is 10.0. The number of ether oxygens (including phenoxy) is 1. The summed E-state index contributed by atoms with van der Waals surface area (Å²) in [6, 6.07) is 5.55. The van der Waals surface area contributed by atoms with Crippen molar-refractivity contribution in [1.82, 2.24) is 10.3 Å². The second-order valence-electron chi connectivity index (χ2n) is 5.21. The molecule has 0 amide bonds. The first-order valence-corrected chi connectivity index (χ1v) is 7.12. The topological polar surface area (TPSA) is 34.2 Å². The normalized spacial score (nSPS) is 10.7. The molecule has 1 N–H and O–H groups in total. The van der Waals surface area contributed by atoms with Crippen molar-refractivity contribution >= 4 is 0 Å². The summed E-state index contributed by atoms with van der Waals surface area (Å²) in [6.45, 7) is 9.42. The first kappa shape index (κ1) is 15.4. The number of benzene rings is 1. The van der Waals surface area contributed by atoms with E-state index in [4.69, 9.17) is 4.74 Å². The Morgan fingerprint density at radius 3 is 2.67 bits per heavy atom. The van der Waals surface area contributed by atoms with Crippen LogP contribution in [-0.4, -0.2) is 11.5 Å². The van der Waals surface area contributed by atoms with E-state index in [1.165, 1.54) is 17.8 Å². The third kappa shape index (κ3) is 3.79. The Morgan fingerprint density at radius 2 is 1.95 bits per heavy atom. The molecule has 0 aliphatic heterocycles. The minimum absolute atomic E-state index is 0.354. The Bertz CT molecular complexity index is 641. The summed E-state index contributed by atoms with van der Waals surface area (Å²) in [5, 5.41) is 3.17. The maximum Gasteiger partial charge on any atom is 0.223 e. The highest BCUT2D eigenvalue weighted by molar-refractivity contribution is 5.44. The molecule has 1 heterocycles. The van der Waals surface area contributed by atoms with Gasteiger partial charge in [-0.3, -0.25) is 0 Å². The first-order valence-electron chi connectivity index (χ1n) is 7.12. The molecule has 0 aliphatic carbocycles. The molecule has 0 atom stereocenters. The molecule has 3 nitrogen and oxygen atoms in total. The maximum absolute atomic E-state index is 13.4. The summed E-state index contributed by atoms with van der Waals surface area (Å²) in [6.07, 6.45) is 1.18.